The molecular weight excluding hydrogens is 1820 g/mol. The minimum atomic E-state index is -1.85. The van der Waals surface area contributed by atoms with Crippen LogP contribution in [0.5, 0.6) is 5.75 Å². The maximum Gasteiger partial charge on any atom is 0.246 e. The molecule has 3 aromatic carbocycles. The molecule has 754 valence electrons. The number of phenols is 1. The van der Waals surface area contributed by atoms with E-state index in [1.54, 1.807) is 74.8 Å². The average Bonchev–Trinajstić information content (AvgIpc) is 1.37. The molecule has 0 bridgehead atoms. The molecule has 18 amide bonds. The van der Waals surface area contributed by atoms with Gasteiger partial charge in [-0.1, -0.05) is 102 Å². The molecule has 0 spiro atoms. The molecule has 3 aromatic heterocycles. The molecule has 3 aliphatic heterocycles. The van der Waals surface area contributed by atoms with Crippen molar-refractivity contribution in [3.8, 4) is 5.75 Å². The molecule has 0 aliphatic carbocycles. The number of nitrogens with two attached hydrogens (primary N) is 3. The zero-order chi connectivity index (χ0) is 101. The third kappa shape index (κ3) is 30.9. The first-order valence-corrected chi connectivity index (χ1v) is 47.8. The minimum Gasteiger partial charge on any atom is -0.508 e. The number of rotatable bonds is 26. The molecule has 3 aliphatic rings. The van der Waals surface area contributed by atoms with Crippen molar-refractivity contribution in [3.05, 3.63) is 120 Å². The third-order valence-corrected chi connectivity index (χ3v) is 25.8. The Morgan fingerprint density at radius 1 is 0.525 bits per heavy atom. The van der Waals surface area contributed by atoms with Crippen LogP contribution in [0.25, 0.3) is 21.8 Å². The lowest BCUT2D eigenvalue weighted by molar-refractivity contribution is -0.149. The Morgan fingerprint density at radius 3 is 1.61 bits per heavy atom. The number of thioether (sulfide) groups is 1. The summed E-state index contributed by atoms with van der Waals surface area (Å²) in [6.07, 6.45) is 6.12. The van der Waals surface area contributed by atoms with E-state index in [-0.39, 0.29) is 120 Å². The van der Waals surface area contributed by atoms with Crippen LogP contribution in [0.2, 0.25) is 0 Å². The number of aromatic nitrogens is 4. The third-order valence-electron chi connectivity index (χ3n) is 24.7. The zero-order valence-corrected chi connectivity index (χ0v) is 80.2. The van der Waals surface area contributed by atoms with Crippen LogP contribution in [-0.4, -0.2) is 324 Å². The van der Waals surface area contributed by atoms with Gasteiger partial charge in [-0.05, 0) is 112 Å². The second-order valence-corrected chi connectivity index (χ2v) is 36.6. The van der Waals surface area contributed by atoms with Crippen LogP contribution in [0, 0.1) is 11.3 Å². The van der Waals surface area contributed by atoms with Gasteiger partial charge in [-0.3, -0.25) is 91.7 Å². The number of primary amides is 2. The fourth-order valence-corrected chi connectivity index (χ4v) is 17.9. The number of imidazole rings is 1. The summed E-state index contributed by atoms with van der Waals surface area (Å²) in [5.41, 5.74) is 19.8. The Bertz CT molecular complexity index is 5360. The van der Waals surface area contributed by atoms with Crippen LogP contribution in [0.1, 0.15) is 147 Å². The number of likely N-dealkylation sites (N-methyl/N-ethyl adjacent to an activating group) is 3. The van der Waals surface area contributed by atoms with Crippen molar-refractivity contribution in [1.82, 2.24) is 108 Å². The number of aromatic amines is 3. The number of aliphatic hydroxyl groups is 1. The number of H-pyrrole nitrogens is 3. The highest BCUT2D eigenvalue weighted by atomic mass is 32.2. The maximum absolute atomic E-state index is 15.8. The molecular formula is C93H131N25O20S. The number of benzene rings is 3. The first-order chi connectivity index (χ1) is 66.3. The summed E-state index contributed by atoms with van der Waals surface area (Å²) in [6, 6.07) is -1.45. The lowest BCUT2D eigenvalue weighted by Gasteiger charge is -2.36. The lowest BCUT2D eigenvalue weighted by atomic mass is 10.00. The molecule has 6 heterocycles. The summed E-state index contributed by atoms with van der Waals surface area (Å²) < 4.78 is 0. The largest absolute Gasteiger partial charge is 0.508 e. The number of nitrogens with zero attached hydrogens (tertiary/aromatic N) is 6. The van der Waals surface area contributed by atoms with Gasteiger partial charge in [0.1, 0.15) is 90.3 Å². The van der Waals surface area contributed by atoms with E-state index in [1.165, 1.54) is 69.8 Å². The summed E-state index contributed by atoms with van der Waals surface area (Å²) in [4.78, 5) is 282. The van der Waals surface area contributed by atoms with E-state index in [9.17, 15) is 63.0 Å². The van der Waals surface area contributed by atoms with Crippen molar-refractivity contribution in [2.75, 3.05) is 72.0 Å². The number of amides is 18. The molecule has 0 unspecified atom stereocenters. The Labute approximate surface area is 807 Å². The molecule has 3 fully saturated rings. The van der Waals surface area contributed by atoms with E-state index in [4.69, 9.17) is 22.6 Å². The van der Waals surface area contributed by atoms with Crippen molar-refractivity contribution in [3.63, 3.8) is 0 Å². The summed E-state index contributed by atoms with van der Waals surface area (Å²) >= 11 is 0.757. The number of unbranched alkanes of at least 4 members (excludes halogenated alkanes) is 2. The topological polar surface area (TPSA) is 670 Å². The van der Waals surface area contributed by atoms with Gasteiger partial charge in [-0.25, -0.2) is 4.98 Å². The summed E-state index contributed by atoms with van der Waals surface area (Å²) in [5.74, 6) is -18.4. The first-order valence-electron chi connectivity index (χ1n) is 46.7. The van der Waals surface area contributed by atoms with E-state index in [0.717, 1.165) is 31.4 Å². The van der Waals surface area contributed by atoms with Crippen LogP contribution >= 0.6 is 11.8 Å². The minimum absolute atomic E-state index is 0.000195. The Balaban J connectivity index is 1.07. The quantitative estimate of drug-likeness (QED) is 0.0148. The van der Waals surface area contributed by atoms with E-state index < -0.39 is 234 Å². The van der Waals surface area contributed by atoms with Crippen molar-refractivity contribution < 1.29 is 96.5 Å². The number of para-hydroxylation sites is 2. The van der Waals surface area contributed by atoms with Gasteiger partial charge in [0.2, 0.25) is 106 Å². The highest BCUT2D eigenvalue weighted by Crippen LogP contribution is 2.28. The van der Waals surface area contributed by atoms with E-state index in [0.29, 0.717) is 64.2 Å². The SMILES string of the molecule is CCCC[C@H]1C(=O)N(C)[C@@H](CCCC)C(=O)N[C@@H](CCCNC(=N)N)C(=O)N[C@H](C(=O)NCC(N)=O)CSCC(=O)N[C@@H](Cc2ccc(O)cc2)C(=O)N(C)[C@@H](C)C(=O)N[C@@H](CC(N)=O)C(=O)N2CCC[C@H]2C(=O)N[C@@H](Cc2c[nH]cn2)C(=O)NCC(=O)N[C@H](CC(C)C)C(=O)N2CCC[C@H]2C(=O)N[C@@H](Cc2c[nH]c3ccccc23)C(=O)N[C@@H](CO)C(=O)N[C@@H](Cc2c[nH]c3ccccc23)C(=O)N1C. The molecule has 14 atom stereocenters. The van der Waals surface area contributed by atoms with Gasteiger partial charge >= 0.3 is 0 Å². The van der Waals surface area contributed by atoms with Gasteiger partial charge in [0.05, 0.1) is 43.9 Å². The Kier molecular flexibility index (Phi) is 40.9. The molecule has 0 saturated carbocycles. The van der Waals surface area contributed by atoms with Gasteiger partial charge in [0, 0.05) is 113 Å². The molecule has 139 heavy (non-hydrogen) atoms. The van der Waals surface area contributed by atoms with Crippen LogP contribution in [-0.2, 0) is 112 Å². The highest BCUT2D eigenvalue weighted by Gasteiger charge is 2.45. The van der Waals surface area contributed by atoms with Crippen molar-refractivity contribution in [1.29, 1.82) is 5.41 Å². The van der Waals surface area contributed by atoms with Crippen molar-refractivity contribution in [2.24, 2.45) is 23.1 Å². The summed E-state index contributed by atoms with van der Waals surface area (Å²) in [5, 5.41) is 62.2. The van der Waals surface area contributed by atoms with Crippen LogP contribution in [0.3, 0.4) is 0 Å². The number of hydrogen-bond acceptors (Lipinski definition) is 23. The predicted octanol–water partition coefficient (Wildman–Crippen LogP) is -2.78. The Morgan fingerprint density at radius 2 is 1.04 bits per heavy atom. The molecule has 6 aromatic rings. The molecule has 46 heteroatoms. The van der Waals surface area contributed by atoms with Gasteiger partial charge < -0.3 is 131 Å². The monoisotopic (exact) mass is 1950 g/mol. The molecule has 24 N–H and O–H groups in total. The molecule has 9 rings (SSSR count). The summed E-state index contributed by atoms with van der Waals surface area (Å²) in [7, 11) is 3.91. The second-order valence-electron chi connectivity index (χ2n) is 35.5. The van der Waals surface area contributed by atoms with Crippen LogP contribution < -0.4 is 81.0 Å². The van der Waals surface area contributed by atoms with Crippen molar-refractivity contribution in [2.45, 2.75) is 235 Å². The first kappa shape index (κ1) is 108. The van der Waals surface area contributed by atoms with Gasteiger partial charge in [-0.15, -0.1) is 11.8 Å². The zero-order valence-electron chi connectivity index (χ0n) is 79.3. The number of guanidine groups is 1. The number of aliphatic hydroxyl groups excluding tert-OH is 1. The van der Waals surface area contributed by atoms with Crippen molar-refractivity contribution >= 4 is 146 Å². The normalized spacial score (nSPS) is 24.1. The molecule has 45 nitrogen and oxygen atoms in total. The maximum atomic E-state index is 15.8. The highest BCUT2D eigenvalue weighted by molar-refractivity contribution is 8.00. The number of carbonyl (C=O) groups excluding carboxylic acids is 18. The number of nitrogens with one attached hydrogen (secondary N) is 16. The smallest absolute Gasteiger partial charge is 0.246 e. The second kappa shape index (κ2) is 52.4. The molecule has 0 radical (unpaired) electrons. The van der Waals surface area contributed by atoms with Crippen LogP contribution in [0.15, 0.2) is 97.7 Å². The van der Waals surface area contributed by atoms with E-state index in [1.807, 2.05) is 13.8 Å². The lowest BCUT2D eigenvalue weighted by Crippen LogP contribution is -2.61. The van der Waals surface area contributed by atoms with Gasteiger partial charge in [-0.2, -0.15) is 0 Å². The molecule has 3 saturated heterocycles. The van der Waals surface area contributed by atoms with E-state index in [2.05, 4.69) is 83.7 Å². The number of carbonyl (C=O) groups is 18. The number of fused-ring (bicyclic) bond motifs is 4. The average molecular weight is 1950 g/mol. The predicted molar refractivity (Wildman–Crippen MR) is 511 cm³/mol. The van der Waals surface area contributed by atoms with Crippen LogP contribution in [0.4, 0.5) is 0 Å². The van der Waals surface area contributed by atoms with Gasteiger partial charge in [0.15, 0.2) is 5.96 Å². The summed E-state index contributed by atoms with van der Waals surface area (Å²) in [6.45, 7) is 5.82. The number of aromatic hydroxyl groups is 1. The fourth-order valence-electron chi connectivity index (χ4n) is 17.0. The number of phenolic OH excluding ortho intramolecular Hbond substituents is 1. The van der Waals surface area contributed by atoms with Gasteiger partial charge in [0.25, 0.3) is 0 Å². The fraction of sp³-hybridized carbons (Fsp3) is 0.527. The van der Waals surface area contributed by atoms with E-state index >= 15 is 33.6 Å². The standard InChI is InChI=1S/C93H131N25O20S/c1-9-11-25-71-85(131)107-62(24-17-33-99-93(96)97)82(128)113-70(81(127)102-45-76(95)122)48-139-49-78(124)106-66(37-53-29-31-57(120)32-30-53)88(134)114(6)52(5)79(125)110-68(41-75(94)121)91(137)118-35-19-28-73(118)87(133)109-64(40-56-44-98-50-104-56)80(126)103-46-77(123)105-65(36-51(3)4)90(136)117-34-18-27-72(117)86(132)108-63(38-54-42-100-60-22-15-13-20-58(54)60)83(129)112-69(47-119)84(130)111-67(39-55-43-101-61-23-16-14-21-59(55)61)89(135)116(8)74(26-12-10-2)92(138)115(71)7/h13-16,20-23,29-32,42-44,50-52,62-74,100-101,119-120H,9-12,17-19,24-28,33-41,45-49H2,1-8H3,(H2,94,121)(H2,95,122)(H,98,104)(H,102,127)(H,103,126)(H,105,123)(H,106,124)(H,107,131)(H,108,132)(H,109,133)(H,110,125)(H,111,130)(H,112,129)(H,113,128)(H4,96,97,99)/t52-,62-,63-,64-,65+,66-,67-,68-,69-,70-,71-,72-,73-,74-/m0/s1. The Hall–Kier alpha value is -14.2. The number of hydrogen-bond donors (Lipinski definition) is 21.